The van der Waals surface area contributed by atoms with Gasteiger partial charge in [0.15, 0.2) is 5.69 Å². The molecule has 0 aromatic carbocycles. The Bertz CT molecular complexity index is 374. The number of hydrogen-bond donors (Lipinski definition) is 2. The number of nitrogens with one attached hydrogen (secondary N) is 1. The minimum absolute atomic E-state index is 0.174. The first kappa shape index (κ1) is 9.96. The number of anilines is 1. The van der Waals surface area contributed by atoms with E-state index in [-0.39, 0.29) is 11.9 Å². The molecule has 1 atom stereocenters. The van der Waals surface area contributed by atoms with Crippen LogP contribution in [0.1, 0.15) is 30.3 Å². The predicted octanol–water partition coefficient (Wildman–Crippen LogP) is 1.19. The van der Waals surface area contributed by atoms with Crippen molar-refractivity contribution in [1.29, 1.82) is 0 Å². The van der Waals surface area contributed by atoms with E-state index in [1.807, 2.05) is 6.92 Å². The molecule has 1 aromatic heterocycles. The molecule has 1 aliphatic rings. The quantitative estimate of drug-likeness (QED) is 0.778. The molecule has 1 aromatic rings. The number of nitrogens with zero attached hydrogens (tertiary/aromatic N) is 1. The summed E-state index contributed by atoms with van der Waals surface area (Å²) in [6, 6.07) is 3.62. The molecule has 0 spiro atoms. The summed E-state index contributed by atoms with van der Waals surface area (Å²) < 4.78 is 0. The smallest absolute Gasteiger partial charge is 0.272 e. The normalized spacial score (nSPS) is 17.1. The average molecular weight is 205 g/mol. The van der Waals surface area contributed by atoms with Crippen LogP contribution < -0.4 is 11.1 Å². The average Bonchev–Trinajstić information content (AvgIpc) is 3.01. The number of rotatable bonds is 3. The molecule has 15 heavy (non-hydrogen) atoms. The lowest BCUT2D eigenvalue weighted by molar-refractivity contribution is 0.0932. The molecule has 0 bridgehead atoms. The molecule has 0 radical (unpaired) electrons. The van der Waals surface area contributed by atoms with Gasteiger partial charge in [0.25, 0.3) is 5.91 Å². The fraction of sp³-hybridized carbons (Fsp3) is 0.455. The number of carbonyl (C=O) groups excluding carboxylic acids is 1. The van der Waals surface area contributed by atoms with Crippen LogP contribution in [0.3, 0.4) is 0 Å². The lowest BCUT2D eigenvalue weighted by atomic mass is 10.2. The van der Waals surface area contributed by atoms with Crippen LogP contribution >= 0.6 is 0 Å². The Morgan fingerprint density at radius 1 is 1.67 bits per heavy atom. The maximum Gasteiger partial charge on any atom is 0.272 e. The van der Waals surface area contributed by atoms with Gasteiger partial charge in [-0.3, -0.25) is 4.79 Å². The van der Waals surface area contributed by atoms with Crippen LogP contribution in [0.5, 0.6) is 0 Å². The van der Waals surface area contributed by atoms with Crippen LogP contribution in [-0.4, -0.2) is 16.9 Å². The highest BCUT2D eigenvalue weighted by Crippen LogP contribution is 2.32. The van der Waals surface area contributed by atoms with Gasteiger partial charge in [-0.05, 0) is 37.8 Å². The Balaban J connectivity index is 2.04. The van der Waals surface area contributed by atoms with Gasteiger partial charge in [-0.1, -0.05) is 0 Å². The van der Waals surface area contributed by atoms with Gasteiger partial charge >= 0.3 is 0 Å². The maximum absolute atomic E-state index is 11.8. The van der Waals surface area contributed by atoms with E-state index in [0.717, 1.165) is 0 Å². The van der Waals surface area contributed by atoms with Crippen molar-refractivity contribution in [3.8, 4) is 0 Å². The van der Waals surface area contributed by atoms with Gasteiger partial charge in [0, 0.05) is 12.2 Å². The number of pyridine rings is 1. The molecule has 1 amide bonds. The number of nitrogens with two attached hydrogens (primary N) is 1. The largest absolute Gasteiger partial charge is 0.397 e. The first-order chi connectivity index (χ1) is 7.18. The first-order valence-electron chi connectivity index (χ1n) is 5.20. The summed E-state index contributed by atoms with van der Waals surface area (Å²) in [5.41, 5.74) is 6.42. The van der Waals surface area contributed by atoms with Crippen LogP contribution in [0.15, 0.2) is 18.3 Å². The van der Waals surface area contributed by atoms with E-state index in [0.29, 0.717) is 17.3 Å². The molecule has 3 N–H and O–H groups in total. The Morgan fingerprint density at radius 2 is 2.40 bits per heavy atom. The Labute approximate surface area is 88.9 Å². The number of hydrogen-bond acceptors (Lipinski definition) is 3. The summed E-state index contributed by atoms with van der Waals surface area (Å²) >= 11 is 0. The van der Waals surface area contributed by atoms with Gasteiger partial charge in [0.1, 0.15) is 0 Å². The van der Waals surface area contributed by atoms with Crippen LogP contribution in [0.4, 0.5) is 5.69 Å². The highest BCUT2D eigenvalue weighted by Gasteiger charge is 2.29. The van der Waals surface area contributed by atoms with E-state index in [9.17, 15) is 4.79 Å². The second kappa shape index (κ2) is 3.88. The summed E-state index contributed by atoms with van der Waals surface area (Å²) in [5, 5.41) is 2.92. The van der Waals surface area contributed by atoms with Crippen molar-refractivity contribution in [2.75, 3.05) is 5.73 Å². The minimum Gasteiger partial charge on any atom is -0.397 e. The molecule has 1 fully saturated rings. The molecule has 4 nitrogen and oxygen atoms in total. The van der Waals surface area contributed by atoms with E-state index < -0.39 is 0 Å². The van der Waals surface area contributed by atoms with Gasteiger partial charge in [0.2, 0.25) is 0 Å². The van der Waals surface area contributed by atoms with E-state index in [1.165, 1.54) is 12.8 Å². The molecule has 80 valence electrons. The third-order valence-corrected chi connectivity index (χ3v) is 2.74. The molecule has 4 heteroatoms. The van der Waals surface area contributed by atoms with Gasteiger partial charge in [-0.15, -0.1) is 0 Å². The lowest BCUT2D eigenvalue weighted by Crippen LogP contribution is -2.34. The fourth-order valence-corrected chi connectivity index (χ4v) is 1.60. The summed E-state index contributed by atoms with van der Waals surface area (Å²) in [7, 11) is 0. The molecule has 2 rings (SSSR count). The summed E-state index contributed by atoms with van der Waals surface area (Å²) in [6.07, 6.45) is 3.99. The maximum atomic E-state index is 11.8. The standard InChI is InChI=1S/C11H15N3O/c1-7(8-4-5-8)14-11(15)10-9(12)3-2-6-13-10/h2-3,6-8H,4-5,12H2,1H3,(H,14,15). The lowest BCUT2D eigenvalue weighted by Gasteiger charge is -2.12. The van der Waals surface area contributed by atoms with Crippen molar-refractivity contribution < 1.29 is 4.79 Å². The molecule has 1 aliphatic carbocycles. The summed E-state index contributed by atoms with van der Waals surface area (Å²) in [6.45, 7) is 2.02. The van der Waals surface area contributed by atoms with Gasteiger partial charge in [0.05, 0.1) is 5.69 Å². The number of nitrogen functional groups attached to an aromatic ring is 1. The van der Waals surface area contributed by atoms with Crippen LogP contribution in [-0.2, 0) is 0 Å². The van der Waals surface area contributed by atoms with Gasteiger partial charge in [-0.25, -0.2) is 4.98 Å². The number of amides is 1. The highest BCUT2D eigenvalue weighted by atomic mass is 16.1. The van der Waals surface area contributed by atoms with E-state index in [2.05, 4.69) is 10.3 Å². The van der Waals surface area contributed by atoms with Gasteiger partial charge in [-0.2, -0.15) is 0 Å². The van der Waals surface area contributed by atoms with E-state index >= 15 is 0 Å². The van der Waals surface area contributed by atoms with Crippen molar-refractivity contribution in [3.05, 3.63) is 24.0 Å². The molecule has 0 saturated heterocycles. The molecule has 1 heterocycles. The topological polar surface area (TPSA) is 68.0 Å². The van der Waals surface area contributed by atoms with Crippen molar-refractivity contribution in [2.45, 2.75) is 25.8 Å². The molecular formula is C11H15N3O. The first-order valence-corrected chi connectivity index (χ1v) is 5.20. The number of aromatic nitrogens is 1. The van der Waals surface area contributed by atoms with Crippen molar-refractivity contribution in [1.82, 2.24) is 10.3 Å². The fourth-order valence-electron chi connectivity index (χ4n) is 1.60. The van der Waals surface area contributed by atoms with Crippen LogP contribution in [0.2, 0.25) is 0 Å². The van der Waals surface area contributed by atoms with E-state index in [4.69, 9.17) is 5.73 Å². The Kier molecular flexibility index (Phi) is 2.58. The molecule has 0 aliphatic heterocycles. The summed E-state index contributed by atoms with van der Waals surface area (Å²) in [4.78, 5) is 15.7. The third-order valence-electron chi connectivity index (χ3n) is 2.74. The highest BCUT2D eigenvalue weighted by molar-refractivity contribution is 5.97. The minimum atomic E-state index is -0.174. The monoisotopic (exact) mass is 205 g/mol. The van der Waals surface area contributed by atoms with Crippen molar-refractivity contribution in [3.63, 3.8) is 0 Å². The third kappa shape index (κ3) is 2.26. The second-order valence-electron chi connectivity index (χ2n) is 4.04. The Hall–Kier alpha value is -1.58. The summed E-state index contributed by atoms with van der Waals surface area (Å²) in [5.74, 6) is 0.464. The van der Waals surface area contributed by atoms with E-state index in [1.54, 1.807) is 18.3 Å². The zero-order valence-electron chi connectivity index (χ0n) is 8.73. The number of carbonyl (C=O) groups is 1. The van der Waals surface area contributed by atoms with Crippen LogP contribution in [0, 0.1) is 5.92 Å². The van der Waals surface area contributed by atoms with Crippen LogP contribution in [0.25, 0.3) is 0 Å². The molecule has 1 saturated carbocycles. The van der Waals surface area contributed by atoms with Crippen molar-refractivity contribution in [2.24, 2.45) is 5.92 Å². The zero-order valence-corrected chi connectivity index (χ0v) is 8.73. The zero-order chi connectivity index (χ0) is 10.8. The van der Waals surface area contributed by atoms with Gasteiger partial charge < -0.3 is 11.1 Å². The molecule has 1 unspecified atom stereocenters. The SMILES string of the molecule is CC(NC(=O)c1ncccc1N)C1CC1. The van der Waals surface area contributed by atoms with Crippen molar-refractivity contribution >= 4 is 11.6 Å². The second-order valence-corrected chi connectivity index (χ2v) is 4.04. The Morgan fingerprint density at radius 3 is 3.00 bits per heavy atom. The molecular weight excluding hydrogens is 190 g/mol. The predicted molar refractivity (Wildman–Crippen MR) is 58.3 cm³/mol.